The number of nitrogens with zero attached hydrogens (tertiary/aromatic N) is 1. The maximum absolute atomic E-state index is 12.6. The van der Waals surface area contributed by atoms with E-state index < -0.39 is 0 Å². The Hall–Kier alpha value is -2.59. The first kappa shape index (κ1) is 17.2. The fraction of sp³-hybridized carbons (Fsp3) is 0.200. The third-order valence-electron chi connectivity index (χ3n) is 3.99. The van der Waals surface area contributed by atoms with Crippen LogP contribution in [0.1, 0.15) is 29.4 Å². The SMILES string of the molecule is C[C@@H](CCc1ccccc1)NC(=O)c1ncoc1-c1ccccc1Cl. The molecule has 0 aliphatic heterocycles. The maximum atomic E-state index is 12.6. The number of rotatable bonds is 6. The average molecular weight is 355 g/mol. The molecule has 1 heterocycles. The van der Waals surface area contributed by atoms with E-state index in [2.05, 4.69) is 22.4 Å². The summed E-state index contributed by atoms with van der Waals surface area (Å²) in [6, 6.07) is 17.4. The van der Waals surface area contributed by atoms with Crippen molar-refractivity contribution in [3.63, 3.8) is 0 Å². The van der Waals surface area contributed by atoms with E-state index in [-0.39, 0.29) is 17.6 Å². The van der Waals surface area contributed by atoms with Crippen LogP contribution < -0.4 is 5.32 Å². The van der Waals surface area contributed by atoms with Gasteiger partial charge in [0.2, 0.25) is 0 Å². The largest absolute Gasteiger partial charge is 0.443 e. The zero-order chi connectivity index (χ0) is 17.6. The van der Waals surface area contributed by atoms with Crippen molar-refractivity contribution < 1.29 is 9.21 Å². The minimum Gasteiger partial charge on any atom is -0.443 e. The van der Waals surface area contributed by atoms with Crippen LogP contribution in [0, 0.1) is 0 Å². The van der Waals surface area contributed by atoms with Crippen LogP contribution >= 0.6 is 11.6 Å². The van der Waals surface area contributed by atoms with E-state index in [9.17, 15) is 4.79 Å². The van der Waals surface area contributed by atoms with E-state index >= 15 is 0 Å². The number of aryl methyl sites for hydroxylation is 1. The third kappa shape index (κ3) is 4.28. The van der Waals surface area contributed by atoms with Gasteiger partial charge in [0.15, 0.2) is 17.8 Å². The van der Waals surface area contributed by atoms with Crippen LogP contribution in [0.25, 0.3) is 11.3 Å². The molecule has 0 saturated carbocycles. The second-order valence-corrected chi connectivity index (χ2v) is 6.32. The summed E-state index contributed by atoms with van der Waals surface area (Å²) in [4.78, 5) is 16.6. The molecule has 0 radical (unpaired) electrons. The molecule has 0 fully saturated rings. The van der Waals surface area contributed by atoms with Gasteiger partial charge in [-0.05, 0) is 37.5 Å². The molecule has 1 amide bonds. The molecular weight excluding hydrogens is 336 g/mol. The summed E-state index contributed by atoms with van der Waals surface area (Å²) in [6.45, 7) is 1.98. The lowest BCUT2D eigenvalue weighted by molar-refractivity contribution is 0.0934. The van der Waals surface area contributed by atoms with E-state index in [1.165, 1.54) is 12.0 Å². The first-order valence-electron chi connectivity index (χ1n) is 8.18. The monoisotopic (exact) mass is 354 g/mol. The molecule has 0 aliphatic carbocycles. The highest BCUT2D eigenvalue weighted by Crippen LogP contribution is 2.29. The van der Waals surface area contributed by atoms with Gasteiger partial charge in [0.05, 0.1) is 5.02 Å². The van der Waals surface area contributed by atoms with Crippen molar-refractivity contribution in [2.24, 2.45) is 0 Å². The Morgan fingerprint density at radius 2 is 1.88 bits per heavy atom. The number of aromatic nitrogens is 1. The van der Waals surface area contributed by atoms with Crippen molar-refractivity contribution in [1.29, 1.82) is 0 Å². The average Bonchev–Trinajstić information content (AvgIpc) is 3.11. The predicted molar refractivity (Wildman–Crippen MR) is 98.6 cm³/mol. The zero-order valence-electron chi connectivity index (χ0n) is 13.9. The van der Waals surface area contributed by atoms with Gasteiger partial charge in [-0.3, -0.25) is 4.79 Å². The fourth-order valence-electron chi connectivity index (χ4n) is 2.64. The van der Waals surface area contributed by atoms with Crippen LogP contribution in [0.4, 0.5) is 0 Å². The van der Waals surface area contributed by atoms with Gasteiger partial charge in [-0.25, -0.2) is 4.98 Å². The summed E-state index contributed by atoms with van der Waals surface area (Å²) in [7, 11) is 0. The van der Waals surface area contributed by atoms with Gasteiger partial charge in [-0.15, -0.1) is 0 Å². The van der Waals surface area contributed by atoms with E-state index in [1.54, 1.807) is 12.1 Å². The number of benzene rings is 2. The summed E-state index contributed by atoms with van der Waals surface area (Å²) < 4.78 is 5.41. The summed E-state index contributed by atoms with van der Waals surface area (Å²) in [6.07, 6.45) is 3.01. The van der Waals surface area contributed by atoms with E-state index in [4.69, 9.17) is 16.0 Å². The Balaban J connectivity index is 1.66. The second-order valence-electron chi connectivity index (χ2n) is 5.91. The van der Waals surface area contributed by atoms with Crippen molar-refractivity contribution >= 4 is 17.5 Å². The van der Waals surface area contributed by atoms with Gasteiger partial charge in [-0.2, -0.15) is 0 Å². The third-order valence-corrected chi connectivity index (χ3v) is 4.32. The Morgan fingerprint density at radius 3 is 2.64 bits per heavy atom. The normalized spacial score (nSPS) is 11.9. The maximum Gasteiger partial charge on any atom is 0.274 e. The Morgan fingerprint density at radius 1 is 1.16 bits per heavy atom. The predicted octanol–water partition coefficient (Wildman–Crippen LogP) is 4.75. The minimum atomic E-state index is -0.260. The summed E-state index contributed by atoms with van der Waals surface area (Å²) >= 11 is 6.20. The van der Waals surface area contributed by atoms with Crippen molar-refractivity contribution in [1.82, 2.24) is 10.3 Å². The van der Waals surface area contributed by atoms with Crippen LogP contribution in [0.5, 0.6) is 0 Å². The topological polar surface area (TPSA) is 55.1 Å². The van der Waals surface area contributed by atoms with Crippen molar-refractivity contribution in [3.05, 3.63) is 77.3 Å². The Bertz CT molecular complexity index is 846. The number of carbonyl (C=O) groups is 1. The molecule has 0 saturated heterocycles. The fourth-order valence-corrected chi connectivity index (χ4v) is 2.86. The number of halogens is 1. The minimum absolute atomic E-state index is 0.0171. The Labute approximate surface area is 151 Å². The van der Waals surface area contributed by atoms with Gasteiger partial charge < -0.3 is 9.73 Å². The molecule has 0 unspecified atom stereocenters. The van der Waals surface area contributed by atoms with Crippen LogP contribution in [-0.4, -0.2) is 16.9 Å². The number of hydrogen-bond donors (Lipinski definition) is 1. The summed E-state index contributed by atoms with van der Waals surface area (Å²) in [5.41, 5.74) is 2.16. The quantitative estimate of drug-likeness (QED) is 0.695. The molecule has 2 aromatic carbocycles. The molecule has 0 bridgehead atoms. The highest BCUT2D eigenvalue weighted by molar-refractivity contribution is 6.33. The highest BCUT2D eigenvalue weighted by atomic mass is 35.5. The van der Waals surface area contributed by atoms with Crippen molar-refractivity contribution in [3.8, 4) is 11.3 Å². The molecule has 0 aliphatic rings. The molecule has 3 rings (SSSR count). The zero-order valence-corrected chi connectivity index (χ0v) is 14.7. The van der Waals surface area contributed by atoms with Gasteiger partial charge in [-0.1, -0.05) is 54.1 Å². The molecule has 1 N–H and O–H groups in total. The number of oxazole rings is 1. The molecule has 3 aromatic rings. The van der Waals surface area contributed by atoms with E-state index in [1.807, 2.05) is 37.3 Å². The molecular formula is C20H19ClN2O2. The standard InChI is InChI=1S/C20H19ClN2O2/c1-14(11-12-15-7-3-2-4-8-15)23-20(24)18-19(25-13-22-18)16-9-5-6-10-17(16)21/h2-10,13-14H,11-12H2,1H3,(H,23,24)/t14-/m0/s1. The summed E-state index contributed by atoms with van der Waals surface area (Å²) in [5.74, 6) is 0.127. The molecule has 1 aromatic heterocycles. The highest BCUT2D eigenvalue weighted by Gasteiger charge is 2.21. The number of amides is 1. The van der Waals surface area contributed by atoms with Gasteiger partial charge >= 0.3 is 0 Å². The first-order chi connectivity index (χ1) is 12.1. The van der Waals surface area contributed by atoms with Crippen LogP contribution in [0.15, 0.2) is 65.4 Å². The molecule has 4 nitrogen and oxygen atoms in total. The smallest absolute Gasteiger partial charge is 0.274 e. The molecule has 128 valence electrons. The second kappa shape index (κ2) is 7.99. The lowest BCUT2D eigenvalue weighted by atomic mass is 10.1. The van der Waals surface area contributed by atoms with Crippen molar-refractivity contribution in [2.45, 2.75) is 25.8 Å². The number of nitrogens with one attached hydrogen (secondary N) is 1. The Kier molecular flexibility index (Phi) is 5.51. The number of carbonyl (C=O) groups excluding carboxylic acids is 1. The van der Waals surface area contributed by atoms with Gasteiger partial charge in [0, 0.05) is 11.6 Å². The van der Waals surface area contributed by atoms with E-state index in [0.29, 0.717) is 16.3 Å². The first-order valence-corrected chi connectivity index (χ1v) is 8.56. The molecule has 25 heavy (non-hydrogen) atoms. The van der Waals surface area contributed by atoms with E-state index in [0.717, 1.165) is 12.8 Å². The van der Waals surface area contributed by atoms with Crippen LogP contribution in [-0.2, 0) is 6.42 Å². The van der Waals surface area contributed by atoms with Crippen LogP contribution in [0.2, 0.25) is 5.02 Å². The van der Waals surface area contributed by atoms with Gasteiger partial charge in [0.1, 0.15) is 0 Å². The summed E-state index contributed by atoms with van der Waals surface area (Å²) in [5, 5.41) is 3.50. The lowest BCUT2D eigenvalue weighted by Crippen LogP contribution is -2.33. The molecule has 0 spiro atoms. The van der Waals surface area contributed by atoms with Crippen LogP contribution in [0.3, 0.4) is 0 Å². The molecule has 5 heteroatoms. The molecule has 1 atom stereocenters. The lowest BCUT2D eigenvalue weighted by Gasteiger charge is -2.13. The number of hydrogen-bond acceptors (Lipinski definition) is 3. The van der Waals surface area contributed by atoms with Crippen molar-refractivity contribution in [2.75, 3.05) is 0 Å². The van der Waals surface area contributed by atoms with Gasteiger partial charge in [0.25, 0.3) is 5.91 Å².